The Labute approximate surface area is 129 Å². The molecule has 2 saturated carbocycles. The van der Waals surface area contributed by atoms with E-state index in [9.17, 15) is 0 Å². The minimum atomic E-state index is 0.843. The van der Waals surface area contributed by atoms with E-state index in [2.05, 4.69) is 24.3 Å². The maximum atomic E-state index is 2.52. The molecule has 0 nitrogen and oxygen atoms in total. The first-order chi connectivity index (χ1) is 10.4. The number of rotatable bonds is 2. The van der Waals surface area contributed by atoms with Crippen molar-refractivity contribution in [3.05, 3.63) is 40.5 Å². The Morgan fingerprint density at radius 2 is 1.24 bits per heavy atom. The van der Waals surface area contributed by atoms with Crippen LogP contribution < -0.4 is 0 Å². The molecule has 0 radical (unpaired) electrons. The predicted octanol–water partition coefficient (Wildman–Crippen LogP) is 6.35. The van der Waals surface area contributed by atoms with E-state index in [4.69, 9.17) is 0 Å². The lowest BCUT2D eigenvalue weighted by Crippen LogP contribution is -2.11. The van der Waals surface area contributed by atoms with Crippen LogP contribution in [-0.2, 0) is 6.42 Å². The molecule has 1 aromatic carbocycles. The Kier molecular flexibility index (Phi) is 3.88. The molecule has 0 atom stereocenters. The van der Waals surface area contributed by atoms with Crippen molar-refractivity contribution in [2.24, 2.45) is 0 Å². The highest BCUT2D eigenvalue weighted by Crippen LogP contribution is 2.42. The highest BCUT2D eigenvalue weighted by molar-refractivity contribution is 5.66. The zero-order valence-corrected chi connectivity index (χ0v) is 13.2. The van der Waals surface area contributed by atoms with Gasteiger partial charge in [-0.15, -0.1) is 0 Å². The lowest BCUT2D eigenvalue weighted by atomic mass is 9.77. The molecule has 0 aliphatic heterocycles. The molecule has 3 aliphatic carbocycles. The number of benzene rings is 1. The molecule has 21 heavy (non-hydrogen) atoms. The molecular formula is C21H28. The monoisotopic (exact) mass is 280 g/mol. The van der Waals surface area contributed by atoms with Crippen LogP contribution in [-0.4, -0.2) is 0 Å². The van der Waals surface area contributed by atoms with Crippen LogP contribution >= 0.6 is 0 Å². The smallest absolute Gasteiger partial charge is 0.00852 e. The van der Waals surface area contributed by atoms with Gasteiger partial charge in [-0.3, -0.25) is 0 Å². The first-order valence-electron chi connectivity index (χ1n) is 9.25. The first-order valence-corrected chi connectivity index (χ1v) is 9.25. The molecular weight excluding hydrogens is 252 g/mol. The van der Waals surface area contributed by atoms with E-state index in [1.54, 1.807) is 22.3 Å². The van der Waals surface area contributed by atoms with Gasteiger partial charge in [0.05, 0.1) is 0 Å². The summed E-state index contributed by atoms with van der Waals surface area (Å²) in [6.45, 7) is 0. The summed E-state index contributed by atoms with van der Waals surface area (Å²) in [6.07, 6.45) is 20.4. The second kappa shape index (κ2) is 5.99. The molecule has 0 unspecified atom stereocenters. The quantitative estimate of drug-likeness (QED) is 0.592. The molecule has 1 aromatic rings. The van der Waals surface area contributed by atoms with Gasteiger partial charge in [0, 0.05) is 0 Å². The molecule has 3 aliphatic rings. The summed E-state index contributed by atoms with van der Waals surface area (Å²) < 4.78 is 0. The Morgan fingerprint density at radius 1 is 0.667 bits per heavy atom. The molecule has 0 spiro atoms. The summed E-state index contributed by atoms with van der Waals surface area (Å²) in [6, 6.07) is 5.03. The third-order valence-corrected chi connectivity index (χ3v) is 6.12. The van der Waals surface area contributed by atoms with E-state index in [0.29, 0.717) is 0 Å². The number of hydrogen-bond donors (Lipinski definition) is 0. The number of fused-ring (bicyclic) bond motifs is 1. The van der Waals surface area contributed by atoms with Gasteiger partial charge in [0.25, 0.3) is 0 Å². The summed E-state index contributed by atoms with van der Waals surface area (Å²) in [5.74, 6) is 1.70. The Morgan fingerprint density at radius 3 is 1.90 bits per heavy atom. The number of allylic oxidation sites excluding steroid dienone is 1. The fourth-order valence-corrected chi connectivity index (χ4v) is 4.98. The van der Waals surface area contributed by atoms with E-state index in [-0.39, 0.29) is 0 Å². The van der Waals surface area contributed by atoms with Gasteiger partial charge in [-0.2, -0.15) is 0 Å². The second-order valence-electron chi connectivity index (χ2n) is 7.41. The van der Waals surface area contributed by atoms with Gasteiger partial charge in [0.1, 0.15) is 0 Å². The van der Waals surface area contributed by atoms with Crippen LogP contribution in [0.25, 0.3) is 6.08 Å². The van der Waals surface area contributed by atoms with Gasteiger partial charge < -0.3 is 0 Å². The van der Waals surface area contributed by atoms with Crippen LogP contribution in [0.2, 0.25) is 0 Å². The van der Waals surface area contributed by atoms with E-state index < -0.39 is 0 Å². The first kappa shape index (κ1) is 13.6. The van der Waals surface area contributed by atoms with Crippen LogP contribution in [0, 0.1) is 0 Å². The lowest BCUT2D eigenvalue weighted by Gasteiger charge is -2.28. The van der Waals surface area contributed by atoms with Crippen molar-refractivity contribution in [3.8, 4) is 0 Å². The van der Waals surface area contributed by atoms with Crippen molar-refractivity contribution < 1.29 is 0 Å². The van der Waals surface area contributed by atoms with Crippen molar-refractivity contribution in [3.63, 3.8) is 0 Å². The van der Waals surface area contributed by atoms with Crippen molar-refractivity contribution in [2.75, 3.05) is 0 Å². The molecule has 112 valence electrons. The van der Waals surface area contributed by atoms with E-state index in [0.717, 1.165) is 11.8 Å². The van der Waals surface area contributed by atoms with Crippen molar-refractivity contribution in [1.82, 2.24) is 0 Å². The number of hydrogen-bond acceptors (Lipinski definition) is 0. The van der Waals surface area contributed by atoms with Crippen LogP contribution in [0.5, 0.6) is 0 Å². The van der Waals surface area contributed by atoms with Gasteiger partial charge in [-0.25, -0.2) is 0 Å². The van der Waals surface area contributed by atoms with Crippen molar-refractivity contribution in [1.29, 1.82) is 0 Å². The van der Waals surface area contributed by atoms with Gasteiger partial charge >= 0.3 is 0 Å². The third kappa shape index (κ3) is 2.58. The SMILES string of the molecule is C1=Cc2c(C3CCCCC3)ccc(C3CCCCC3)c2C1. The summed E-state index contributed by atoms with van der Waals surface area (Å²) in [7, 11) is 0. The van der Waals surface area contributed by atoms with E-state index in [1.807, 2.05) is 0 Å². The van der Waals surface area contributed by atoms with E-state index >= 15 is 0 Å². The maximum absolute atomic E-state index is 2.52. The average molecular weight is 280 g/mol. The summed E-state index contributed by atoms with van der Waals surface area (Å²) in [5.41, 5.74) is 6.71. The maximum Gasteiger partial charge on any atom is -0.00852 e. The molecule has 0 aromatic heterocycles. The Hall–Kier alpha value is -1.04. The molecule has 0 saturated heterocycles. The van der Waals surface area contributed by atoms with Crippen molar-refractivity contribution >= 4 is 6.08 Å². The average Bonchev–Trinajstić information content (AvgIpc) is 3.05. The molecule has 0 heteroatoms. The highest BCUT2D eigenvalue weighted by atomic mass is 14.3. The van der Waals surface area contributed by atoms with Gasteiger partial charge in [-0.05, 0) is 66.2 Å². The molecule has 2 fully saturated rings. The molecule has 4 rings (SSSR count). The molecule has 0 bridgehead atoms. The highest BCUT2D eigenvalue weighted by Gasteiger charge is 2.25. The van der Waals surface area contributed by atoms with Crippen LogP contribution in [0.4, 0.5) is 0 Å². The zero-order valence-electron chi connectivity index (χ0n) is 13.2. The Bertz CT molecular complexity index is 525. The van der Waals surface area contributed by atoms with Gasteiger partial charge in [0.15, 0.2) is 0 Å². The third-order valence-electron chi connectivity index (χ3n) is 6.12. The lowest BCUT2D eigenvalue weighted by molar-refractivity contribution is 0.437. The topological polar surface area (TPSA) is 0 Å². The molecule has 0 N–H and O–H groups in total. The van der Waals surface area contributed by atoms with E-state index in [1.165, 1.54) is 70.6 Å². The Balaban J connectivity index is 1.68. The summed E-state index contributed by atoms with van der Waals surface area (Å²) >= 11 is 0. The van der Waals surface area contributed by atoms with Crippen LogP contribution in [0.3, 0.4) is 0 Å². The second-order valence-corrected chi connectivity index (χ2v) is 7.41. The summed E-state index contributed by atoms with van der Waals surface area (Å²) in [4.78, 5) is 0. The minimum absolute atomic E-state index is 0.843. The van der Waals surface area contributed by atoms with Crippen LogP contribution in [0.15, 0.2) is 18.2 Å². The van der Waals surface area contributed by atoms with Crippen molar-refractivity contribution in [2.45, 2.75) is 82.5 Å². The van der Waals surface area contributed by atoms with Crippen LogP contribution in [0.1, 0.15) is 98.3 Å². The van der Waals surface area contributed by atoms with Gasteiger partial charge in [-0.1, -0.05) is 62.8 Å². The zero-order chi connectivity index (χ0) is 14.1. The fraction of sp³-hybridized carbons (Fsp3) is 0.619. The molecule has 0 heterocycles. The fourth-order valence-electron chi connectivity index (χ4n) is 4.98. The minimum Gasteiger partial charge on any atom is -0.0795 e. The predicted molar refractivity (Wildman–Crippen MR) is 90.8 cm³/mol. The van der Waals surface area contributed by atoms with Gasteiger partial charge in [0.2, 0.25) is 0 Å². The summed E-state index contributed by atoms with van der Waals surface area (Å²) in [5, 5.41) is 0. The standard InChI is InChI=1S/C21H28/c1-3-8-16(9-4-1)18-14-15-19(17-10-5-2-6-11-17)21-13-7-12-20(18)21/h7,12,14-17H,1-6,8-11,13H2. The largest absolute Gasteiger partial charge is 0.0795 e. The molecule has 0 amide bonds. The normalized spacial score (nSPS) is 23.4.